The molecule has 0 spiro atoms. The molecule has 1 aliphatic heterocycles. The number of nitrogens with zero attached hydrogens (tertiary/aromatic N) is 5. The predicted molar refractivity (Wildman–Crippen MR) is 128 cm³/mol. The lowest BCUT2D eigenvalue weighted by Crippen LogP contribution is -2.37. The smallest absolute Gasteiger partial charge is 0.405 e. The standard InChI is InChI=1S/C23H29F3N8O3/c1-13(27)16-6-15(16)10-37-22-32-17(21(35)30-11-23(24,25)26)7-19(33-22)34-4-2-14(3-5-34)9-36-18-8-29-12-31-20(18)28/h7-8,12,14-16,27H,2-6,9-11H2,1H3,(H,30,35)(H2,28,29,31)/t15-,16+/m1/s1. The van der Waals surface area contributed by atoms with Crippen LogP contribution in [0.25, 0.3) is 0 Å². The number of rotatable bonds is 10. The lowest BCUT2D eigenvalue weighted by Gasteiger charge is -2.32. The van der Waals surface area contributed by atoms with Crippen molar-refractivity contribution in [3.63, 3.8) is 0 Å². The summed E-state index contributed by atoms with van der Waals surface area (Å²) in [6.07, 6.45) is 0.646. The van der Waals surface area contributed by atoms with Gasteiger partial charge in [-0.3, -0.25) is 4.79 Å². The maximum absolute atomic E-state index is 12.6. The zero-order valence-corrected chi connectivity index (χ0v) is 20.3. The molecule has 2 fully saturated rings. The average Bonchev–Trinajstić information content (AvgIpc) is 3.65. The molecule has 37 heavy (non-hydrogen) atoms. The summed E-state index contributed by atoms with van der Waals surface area (Å²) in [5.74, 6) is 0.677. The van der Waals surface area contributed by atoms with Gasteiger partial charge in [-0.2, -0.15) is 23.1 Å². The molecule has 4 N–H and O–H groups in total. The van der Waals surface area contributed by atoms with Crippen molar-refractivity contribution in [3.8, 4) is 11.8 Å². The van der Waals surface area contributed by atoms with Gasteiger partial charge in [0, 0.05) is 36.7 Å². The van der Waals surface area contributed by atoms with Gasteiger partial charge >= 0.3 is 12.2 Å². The van der Waals surface area contributed by atoms with Crippen molar-refractivity contribution in [3.05, 3.63) is 24.3 Å². The van der Waals surface area contributed by atoms with E-state index in [0.717, 1.165) is 19.3 Å². The molecule has 2 atom stereocenters. The Bertz CT molecular complexity index is 1120. The van der Waals surface area contributed by atoms with Crippen LogP contribution in [0.3, 0.4) is 0 Å². The fraction of sp³-hybridized carbons (Fsp3) is 0.565. The van der Waals surface area contributed by atoms with Gasteiger partial charge in [0.05, 0.1) is 19.4 Å². The Balaban J connectivity index is 1.40. The highest BCUT2D eigenvalue weighted by Gasteiger charge is 2.39. The van der Waals surface area contributed by atoms with Crippen molar-refractivity contribution in [2.75, 3.05) is 43.5 Å². The number of hydrogen-bond acceptors (Lipinski definition) is 10. The molecule has 1 aliphatic carbocycles. The maximum Gasteiger partial charge on any atom is 0.405 e. The van der Waals surface area contributed by atoms with Gasteiger partial charge in [0.15, 0.2) is 11.6 Å². The third-order valence-corrected chi connectivity index (χ3v) is 6.40. The lowest BCUT2D eigenvalue weighted by molar-refractivity contribution is -0.123. The summed E-state index contributed by atoms with van der Waals surface area (Å²) in [6.45, 7) is 2.15. The Kier molecular flexibility index (Phi) is 7.93. The van der Waals surface area contributed by atoms with E-state index in [2.05, 4.69) is 19.9 Å². The van der Waals surface area contributed by atoms with E-state index >= 15 is 0 Å². The van der Waals surface area contributed by atoms with Crippen LogP contribution in [-0.4, -0.2) is 70.6 Å². The van der Waals surface area contributed by atoms with Crippen LogP contribution < -0.4 is 25.4 Å². The number of alkyl halides is 3. The highest BCUT2D eigenvalue weighted by atomic mass is 19.4. The van der Waals surface area contributed by atoms with Crippen molar-refractivity contribution < 1.29 is 27.4 Å². The molecule has 2 aromatic heterocycles. The largest absolute Gasteiger partial charge is 0.488 e. The molecule has 11 nitrogen and oxygen atoms in total. The predicted octanol–water partition coefficient (Wildman–Crippen LogP) is 2.49. The van der Waals surface area contributed by atoms with Gasteiger partial charge in [-0.15, -0.1) is 0 Å². The van der Waals surface area contributed by atoms with Crippen LogP contribution in [0.5, 0.6) is 11.8 Å². The van der Waals surface area contributed by atoms with Gasteiger partial charge in [-0.25, -0.2) is 9.97 Å². The number of ether oxygens (including phenoxy) is 2. The highest BCUT2D eigenvalue weighted by molar-refractivity contribution is 5.93. The third-order valence-electron chi connectivity index (χ3n) is 6.40. The molecule has 1 saturated carbocycles. The fourth-order valence-electron chi connectivity index (χ4n) is 4.14. The molecule has 0 bridgehead atoms. The number of amides is 1. The van der Waals surface area contributed by atoms with Crippen LogP contribution in [0, 0.1) is 23.2 Å². The zero-order chi connectivity index (χ0) is 26.6. The molecule has 1 saturated heterocycles. The second-order valence-electron chi connectivity index (χ2n) is 9.30. The number of piperidine rings is 1. The normalized spacial score (nSPS) is 19.8. The summed E-state index contributed by atoms with van der Waals surface area (Å²) in [5.41, 5.74) is 6.16. The van der Waals surface area contributed by atoms with E-state index in [1.807, 2.05) is 10.2 Å². The topological polar surface area (TPSA) is 152 Å². The second-order valence-corrected chi connectivity index (χ2v) is 9.30. The van der Waals surface area contributed by atoms with E-state index in [1.165, 1.54) is 18.6 Å². The van der Waals surface area contributed by atoms with Gasteiger partial charge in [-0.1, -0.05) is 0 Å². The first-order valence-electron chi connectivity index (χ1n) is 11.9. The summed E-state index contributed by atoms with van der Waals surface area (Å²) in [6, 6.07) is 1.30. The van der Waals surface area contributed by atoms with Gasteiger partial charge in [-0.05, 0) is 32.1 Å². The second kappa shape index (κ2) is 11.1. The van der Waals surface area contributed by atoms with Crippen LogP contribution >= 0.6 is 0 Å². The fourth-order valence-corrected chi connectivity index (χ4v) is 4.14. The van der Waals surface area contributed by atoms with Crippen LogP contribution in [0.15, 0.2) is 18.6 Å². The summed E-state index contributed by atoms with van der Waals surface area (Å²) >= 11 is 0. The molecule has 2 aliphatic rings. The van der Waals surface area contributed by atoms with Crippen molar-refractivity contribution >= 4 is 23.3 Å². The first kappa shape index (κ1) is 26.4. The van der Waals surface area contributed by atoms with E-state index < -0.39 is 18.6 Å². The Morgan fingerprint density at radius 1 is 1.24 bits per heavy atom. The lowest BCUT2D eigenvalue weighted by atomic mass is 9.98. The van der Waals surface area contributed by atoms with Crippen molar-refractivity contribution in [1.29, 1.82) is 5.41 Å². The monoisotopic (exact) mass is 522 g/mol. The number of anilines is 2. The first-order valence-corrected chi connectivity index (χ1v) is 11.9. The van der Waals surface area contributed by atoms with E-state index in [0.29, 0.717) is 37.0 Å². The molecule has 200 valence electrons. The number of carbonyl (C=O) groups excluding carboxylic acids is 1. The number of nitrogens with two attached hydrogens (primary N) is 1. The number of hydrogen-bond donors (Lipinski definition) is 3. The van der Waals surface area contributed by atoms with E-state index in [4.69, 9.17) is 20.6 Å². The molecule has 0 radical (unpaired) electrons. The van der Waals surface area contributed by atoms with Gasteiger partial charge in [0.2, 0.25) is 0 Å². The molecule has 0 unspecified atom stereocenters. The maximum atomic E-state index is 12.6. The molecule has 0 aromatic carbocycles. The van der Waals surface area contributed by atoms with E-state index in [1.54, 1.807) is 6.92 Å². The van der Waals surface area contributed by atoms with Gasteiger partial charge < -0.3 is 30.8 Å². The quantitative estimate of drug-likeness (QED) is 0.400. The van der Waals surface area contributed by atoms with E-state index in [-0.39, 0.29) is 41.9 Å². The number of carbonyl (C=O) groups is 1. The molecule has 14 heteroatoms. The number of nitrogens with one attached hydrogen (secondary N) is 2. The molecular weight excluding hydrogens is 493 g/mol. The molecule has 3 heterocycles. The summed E-state index contributed by atoms with van der Waals surface area (Å²) in [4.78, 5) is 30.6. The molecular formula is C23H29F3N8O3. The average molecular weight is 523 g/mol. The van der Waals surface area contributed by atoms with Gasteiger partial charge in [0.1, 0.15) is 24.4 Å². The van der Waals surface area contributed by atoms with Crippen molar-refractivity contribution in [1.82, 2.24) is 25.3 Å². The first-order chi connectivity index (χ1) is 17.6. The Morgan fingerprint density at radius 3 is 2.65 bits per heavy atom. The SMILES string of the molecule is CC(=N)[C@@H]1C[C@@H]1COc1nc(C(=O)NCC(F)(F)F)cc(N2CCC(COc3cncnc3N)CC2)n1. The number of nitrogen functional groups attached to an aromatic ring is 1. The van der Waals surface area contributed by atoms with Crippen LogP contribution in [0.1, 0.15) is 36.7 Å². The van der Waals surface area contributed by atoms with Crippen LogP contribution in [-0.2, 0) is 0 Å². The minimum absolute atomic E-state index is 0.0760. The Morgan fingerprint density at radius 2 is 2.00 bits per heavy atom. The highest BCUT2D eigenvalue weighted by Crippen LogP contribution is 2.39. The van der Waals surface area contributed by atoms with Crippen molar-refractivity contribution in [2.45, 2.75) is 32.4 Å². The molecule has 4 rings (SSSR count). The van der Waals surface area contributed by atoms with Gasteiger partial charge in [0.25, 0.3) is 5.91 Å². The molecule has 1 amide bonds. The third kappa shape index (κ3) is 7.40. The minimum atomic E-state index is -4.54. The van der Waals surface area contributed by atoms with Crippen LogP contribution in [0.4, 0.5) is 24.8 Å². The van der Waals surface area contributed by atoms with Crippen molar-refractivity contribution in [2.24, 2.45) is 17.8 Å². The summed E-state index contributed by atoms with van der Waals surface area (Å²) < 4.78 is 49.3. The number of aromatic nitrogens is 4. The Hall–Kier alpha value is -3.71. The summed E-state index contributed by atoms with van der Waals surface area (Å²) in [7, 11) is 0. The van der Waals surface area contributed by atoms with Crippen LogP contribution in [0.2, 0.25) is 0 Å². The minimum Gasteiger partial charge on any atom is -0.488 e. The summed E-state index contributed by atoms with van der Waals surface area (Å²) in [5, 5.41) is 9.57. The van der Waals surface area contributed by atoms with E-state index in [9.17, 15) is 18.0 Å². The number of halogens is 3. The Labute approximate surface area is 211 Å². The molecule has 2 aromatic rings. The zero-order valence-electron chi connectivity index (χ0n) is 20.3.